The highest BCUT2D eigenvalue weighted by molar-refractivity contribution is 7.19. The van der Waals surface area contributed by atoms with Gasteiger partial charge in [0.15, 0.2) is 5.13 Å². The fourth-order valence-corrected chi connectivity index (χ4v) is 4.13. The van der Waals surface area contributed by atoms with Gasteiger partial charge in [-0.1, -0.05) is 11.3 Å². The molecule has 1 fully saturated rings. The number of nitrogens with one attached hydrogen (secondary N) is 1. The van der Waals surface area contributed by atoms with Gasteiger partial charge >= 0.3 is 0 Å². The molecule has 4 rings (SSSR count). The third-order valence-electron chi connectivity index (χ3n) is 4.68. The van der Waals surface area contributed by atoms with Gasteiger partial charge in [0.05, 0.1) is 10.5 Å². The fraction of sp³-hybridized carbons (Fsp3) is 0.368. The predicted molar refractivity (Wildman–Crippen MR) is 104 cm³/mol. The first-order valence-corrected chi connectivity index (χ1v) is 9.61. The number of aromatic nitrogens is 3. The summed E-state index contributed by atoms with van der Waals surface area (Å²) in [5.74, 6) is -0.0863. The van der Waals surface area contributed by atoms with Gasteiger partial charge in [-0.3, -0.25) is 14.0 Å². The van der Waals surface area contributed by atoms with E-state index in [9.17, 15) is 9.59 Å². The maximum atomic E-state index is 12.6. The van der Waals surface area contributed by atoms with Crippen molar-refractivity contribution in [3.63, 3.8) is 0 Å². The van der Waals surface area contributed by atoms with Crippen LogP contribution in [-0.4, -0.2) is 32.5 Å². The summed E-state index contributed by atoms with van der Waals surface area (Å²) in [6.07, 6.45) is 6.33. The molecule has 3 aromatic rings. The number of anilines is 1. The molecule has 0 bridgehead atoms. The van der Waals surface area contributed by atoms with Crippen LogP contribution < -0.4 is 10.9 Å². The molecule has 140 valence electrons. The van der Waals surface area contributed by atoms with E-state index in [0.717, 1.165) is 16.9 Å². The quantitative estimate of drug-likeness (QED) is 0.750. The Hall–Kier alpha value is -2.58. The Balaban J connectivity index is 1.52. The van der Waals surface area contributed by atoms with Crippen LogP contribution in [0.5, 0.6) is 0 Å². The Morgan fingerprint density at radius 3 is 3.04 bits per heavy atom. The van der Waals surface area contributed by atoms with Crippen LogP contribution in [0.3, 0.4) is 0 Å². The standard InChI is InChI=1S/C19H20N4O3S/c1-19(2)10-13(5-8-26-19)17(25)22-18-21-11-14(27-18)12-4-7-23-15(9-12)20-6-3-16(23)24/h3-4,6-7,9,11,13H,5,8,10H2,1-2H3,(H,21,22,25). The van der Waals surface area contributed by atoms with E-state index in [1.54, 1.807) is 12.4 Å². The number of thiazole rings is 1. The van der Waals surface area contributed by atoms with Crippen molar-refractivity contribution >= 4 is 28.0 Å². The van der Waals surface area contributed by atoms with Crippen molar-refractivity contribution < 1.29 is 9.53 Å². The molecule has 8 heteroatoms. The summed E-state index contributed by atoms with van der Waals surface area (Å²) < 4.78 is 7.16. The van der Waals surface area contributed by atoms with Gasteiger partial charge in [-0.05, 0) is 44.4 Å². The van der Waals surface area contributed by atoms with Crippen LogP contribution in [0.4, 0.5) is 5.13 Å². The summed E-state index contributed by atoms with van der Waals surface area (Å²) >= 11 is 1.40. The van der Waals surface area contributed by atoms with Gasteiger partial charge in [0.25, 0.3) is 5.56 Å². The average Bonchev–Trinajstić information content (AvgIpc) is 3.09. The summed E-state index contributed by atoms with van der Waals surface area (Å²) in [5, 5.41) is 3.50. The third kappa shape index (κ3) is 3.77. The molecule has 3 aromatic heterocycles. The molecule has 0 radical (unpaired) electrons. The summed E-state index contributed by atoms with van der Waals surface area (Å²) in [6, 6.07) is 5.10. The molecule has 1 aliphatic rings. The summed E-state index contributed by atoms with van der Waals surface area (Å²) in [7, 11) is 0. The maximum absolute atomic E-state index is 12.6. The van der Waals surface area contributed by atoms with E-state index in [0.29, 0.717) is 23.8 Å². The number of nitrogens with zero attached hydrogens (tertiary/aromatic N) is 3. The van der Waals surface area contributed by atoms with Gasteiger partial charge in [-0.15, -0.1) is 0 Å². The first kappa shape index (κ1) is 17.8. The minimum absolute atomic E-state index is 0.0148. The Bertz CT molecular complexity index is 1060. The monoisotopic (exact) mass is 384 g/mol. The molecule has 1 saturated heterocycles. The van der Waals surface area contributed by atoms with E-state index in [2.05, 4.69) is 15.3 Å². The predicted octanol–water partition coefficient (Wildman–Crippen LogP) is 2.96. The molecular weight excluding hydrogens is 364 g/mol. The first-order valence-electron chi connectivity index (χ1n) is 8.80. The zero-order chi connectivity index (χ0) is 19.0. The largest absolute Gasteiger partial charge is 0.376 e. The van der Waals surface area contributed by atoms with E-state index in [1.165, 1.54) is 28.0 Å². The van der Waals surface area contributed by atoms with E-state index in [4.69, 9.17) is 4.74 Å². The molecule has 1 unspecified atom stereocenters. The lowest BCUT2D eigenvalue weighted by Gasteiger charge is -2.34. The van der Waals surface area contributed by atoms with Crippen LogP contribution in [0.15, 0.2) is 41.6 Å². The molecule has 1 atom stereocenters. The van der Waals surface area contributed by atoms with Crippen LogP contribution >= 0.6 is 11.3 Å². The average molecular weight is 384 g/mol. The highest BCUT2D eigenvalue weighted by Gasteiger charge is 2.33. The Kier molecular flexibility index (Phi) is 4.53. The highest BCUT2D eigenvalue weighted by Crippen LogP contribution is 2.32. The first-order chi connectivity index (χ1) is 12.9. The molecule has 0 aliphatic carbocycles. The van der Waals surface area contributed by atoms with Crippen molar-refractivity contribution in [3.05, 3.63) is 47.1 Å². The second-order valence-electron chi connectivity index (χ2n) is 7.24. The lowest BCUT2D eigenvalue weighted by Crippen LogP contribution is -2.39. The molecular formula is C19H20N4O3S. The minimum atomic E-state index is -0.273. The molecule has 0 aromatic carbocycles. The zero-order valence-corrected chi connectivity index (χ0v) is 16.0. The van der Waals surface area contributed by atoms with E-state index in [-0.39, 0.29) is 23.0 Å². The van der Waals surface area contributed by atoms with Crippen LogP contribution in [0, 0.1) is 5.92 Å². The molecule has 27 heavy (non-hydrogen) atoms. The van der Waals surface area contributed by atoms with Crippen LogP contribution in [0.2, 0.25) is 0 Å². The van der Waals surface area contributed by atoms with Crippen molar-refractivity contribution in [3.8, 4) is 10.4 Å². The lowest BCUT2D eigenvalue weighted by molar-refractivity contribution is -0.130. The normalized spacial score (nSPS) is 19.1. The molecule has 0 spiro atoms. The smallest absolute Gasteiger partial charge is 0.257 e. The molecule has 1 amide bonds. The van der Waals surface area contributed by atoms with Gasteiger partial charge in [0, 0.05) is 37.2 Å². The SMILES string of the molecule is CC1(C)CC(C(=O)Nc2ncc(-c3ccn4c(=O)ccnc4c3)s2)CCO1. The Labute approximate surface area is 160 Å². The topological polar surface area (TPSA) is 85.6 Å². The highest BCUT2D eigenvalue weighted by atomic mass is 32.1. The van der Waals surface area contributed by atoms with Crippen molar-refractivity contribution in [2.75, 3.05) is 11.9 Å². The number of ether oxygens (including phenoxy) is 1. The van der Waals surface area contributed by atoms with Crippen LogP contribution in [0.1, 0.15) is 26.7 Å². The summed E-state index contributed by atoms with van der Waals surface area (Å²) in [6.45, 7) is 4.61. The van der Waals surface area contributed by atoms with Gasteiger partial charge in [-0.25, -0.2) is 9.97 Å². The Morgan fingerprint density at radius 1 is 1.37 bits per heavy atom. The zero-order valence-electron chi connectivity index (χ0n) is 15.1. The molecule has 1 N–H and O–H groups in total. The van der Waals surface area contributed by atoms with E-state index < -0.39 is 0 Å². The van der Waals surface area contributed by atoms with Gasteiger partial charge < -0.3 is 10.1 Å². The number of hydrogen-bond donors (Lipinski definition) is 1. The summed E-state index contributed by atoms with van der Waals surface area (Å²) in [4.78, 5) is 33.8. The maximum Gasteiger partial charge on any atom is 0.257 e. The number of pyridine rings is 1. The van der Waals surface area contributed by atoms with Crippen molar-refractivity contribution in [2.24, 2.45) is 5.92 Å². The molecule has 4 heterocycles. The second kappa shape index (κ2) is 6.86. The number of rotatable bonds is 3. The second-order valence-corrected chi connectivity index (χ2v) is 8.27. The van der Waals surface area contributed by atoms with Gasteiger partial charge in [0.2, 0.25) is 5.91 Å². The minimum Gasteiger partial charge on any atom is -0.376 e. The molecule has 1 aliphatic heterocycles. The van der Waals surface area contributed by atoms with Crippen molar-refractivity contribution in [1.82, 2.24) is 14.4 Å². The fourth-order valence-electron chi connectivity index (χ4n) is 3.31. The van der Waals surface area contributed by atoms with Crippen LogP contribution in [-0.2, 0) is 9.53 Å². The molecule has 0 saturated carbocycles. The third-order valence-corrected chi connectivity index (χ3v) is 5.65. The van der Waals surface area contributed by atoms with Crippen molar-refractivity contribution in [1.29, 1.82) is 0 Å². The Morgan fingerprint density at radius 2 is 2.22 bits per heavy atom. The van der Waals surface area contributed by atoms with Crippen molar-refractivity contribution in [2.45, 2.75) is 32.3 Å². The lowest BCUT2D eigenvalue weighted by atomic mass is 9.88. The number of hydrogen-bond acceptors (Lipinski definition) is 6. The van der Waals surface area contributed by atoms with Gasteiger partial charge in [-0.2, -0.15) is 0 Å². The summed E-state index contributed by atoms with van der Waals surface area (Å²) in [5.41, 5.74) is 1.08. The van der Waals surface area contributed by atoms with E-state index in [1.807, 2.05) is 26.0 Å². The number of amides is 1. The number of fused-ring (bicyclic) bond motifs is 1. The molecule has 7 nitrogen and oxygen atoms in total. The number of carbonyl (C=O) groups excluding carboxylic acids is 1. The van der Waals surface area contributed by atoms with E-state index >= 15 is 0 Å². The van der Waals surface area contributed by atoms with Crippen LogP contribution in [0.25, 0.3) is 16.1 Å². The van der Waals surface area contributed by atoms with Gasteiger partial charge in [0.1, 0.15) is 5.65 Å². The number of carbonyl (C=O) groups is 1.